The van der Waals surface area contributed by atoms with Crippen molar-refractivity contribution in [2.24, 2.45) is 0 Å². The third-order valence-corrected chi connectivity index (χ3v) is 4.04. The summed E-state index contributed by atoms with van der Waals surface area (Å²) in [6.45, 7) is 3.16. The SMILES string of the molecule is CCCNC(=O)c1cc2occc2n1Cc1cc(OC)cc(OC)c1. The topological polar surface area (TPSA) is 65.6 Å². The fraction of sp³-hybridized carbons (Fsp3) is 0.316. The minimum atomic E-state index is -0.108. The van der Waals surface area contributed by atoms with Crippen molar-refractivity contribution < 1.29 is 18.7 Å². The van der Waals surface area contributed by atoms with Crippen LogP contribution in [0.1, 0.15) is 29.4 Å². The van der Waals surface area contributed by atoms with Crippen molar-refractivity contribution in [2.75, 3.05) is 20.8 Å². The third-order valence-electron chi connectivity index (χ3n) is 4.04. The summed E-state index contributed by atoms with van der Waals surface area (Å²) in [4.78, 5) is 12.5. The van der Waals surface area contributed by atoms with Gasteiger partial charge in [0.1, 0.15) is 17.2 Å². The van der Waals surface area contributed by atoms with Crippen LogP contribution in [0.2, 0.25) is 0 Å². The van der Waals surface area contributed by atoms with Crippen molar-refractivity contribution in [1.29, 1.82) is 0 Å². The predicted molar refractivity (Wildman–Crippen MR) is 95.5 cm³/mol. The van der Waals surface area contributed by atoms with Gasteiger partial charge in [-0.2, -0.15) is 0 Å². The fourth-order valence-corrected chi connectivity index (χ4v) is 2.80. The zero-order valence-corrected chi connectivity index (χ0v) is 14.7. The highest BCUT2D eigenvalue weighted by Crippen LogP contribution is 2.26. The Kier molecular flexibility index (Phi) is 4.97. The van der Waals surface area contributed by atoms with Crippen molar-refractivity contribution in [3.63, 3.8) is 0 Å². The lowest BCUT2D eigenvalue weighted by Crippen LogP contribution is -2.26. The number of aromatic nitrogens is 1. The number of benzene rings is 1. The van der Waals surface area contributed by atoms with Crippen molar-refractivity contribution in [2.45, 2.75) is 19.9 Å². The van der Waals surface area contributed by atoms with Gasteiger partial charge in [0.05, 0.1) is 26.0 Å². The van der Waals surface area contributed by atoms with Gasteiger partial charge in [-0.05, 0) is 24.1 Å². The lowest BCUT2D eigenvalue weighted by Gasteiger charge is -2.12. The molecule has 3 aromatic rings. The highest BCUT2D eigenvalue weighted by Gasteiger charge is 2.18. The van der Waals surface area contributed by atoms with Crippen molar-refractivity contribution >= 4 is 17.0 Å². The molecule has 1 N–H and O–H groups in total. The van der Waals surface area contributed by atoms with Crippen LogP contribution in [0.25, 0.3) is 11.1 Å². The normalized spacial score (nSPS) is 10.8. The van der Waals surface area contributed by atoms with E-state index < -0.39 is 0 Å². The summed E-state index contributed by atoms with van der Waals surface area (Å²) in [5, 5.41) is 2.92. The Morgan fingerprint density at radius 2 is 1.88 bits per heavy atom. The molecule has 6 nitrogen and oxygen atoms in total. The second-order valence-corrected chi connectivity index (χ2v) is 5.76. The number of fused-ring (bicyclic) bond motifs is 1. The molecule has 0 saturated carbocycles. The molecule has 0 spiro atoms. The Morgan fingerprint density at radius 3 is 2.52 bits per heavy atom. The summed E-state index contributed by atoms with van der Waals surface area (Å²) < 4.78 is 18.1. The first-order valence-electron chi connectivity index (χ1n) is 8.23. The summed E-state index contributed by atoms with van der Waals surface area (Å²) in [5.41, 5.74) is 3.11. The van der Waals surface area contributed by atoms with Crippen LogP contribution in [0.15, 0.2) is 41.0 Å². The molecule has 0 fully saturated rings. The number of carbonyl (C=O) groups excluding carboxylic acids is 1. The van der Waals surface area contributed by atoms with Crippen molar-refractivity contribution in [1.82, 2.24) is 9.88 Å². The largest absolute Gasteiger partial charge is 0.497 e. The molecule has 132 valence electrons. The summed E-state index contributed by atoms with van der Waals surface area (Å²) in [5.74, 6) is 1.31. The molecule has 0 aliphatic carbocycles. The molecule has 0 atom stereocenters. The highest BCUT2D eigenvalue weighted by atomic mass is 16.5. The van der Waals surface area contributed by atoms with Crippen LogP contribution in [-0.4, -0.2) is 31.2 Å². The number of rotatable bonds is 7. The molecule has 0 unspecified atom stereocenters. The van der Waals surface area contributed by atoms with E-state index in [0.29, 0.717) is 35.9 Å². The molecule has 0 bridgehead atoms. The zero-order chi connectivity index (χ0) is 17.8. The van der Waals surface area contributed by atoms with Gasteiger partial charge in [0, 0.05) is 31.3 Å². The third kappa shape index (κ3) is 3.47. The summed E-state index contributed by atoms with van der Waals surface area (Å²) in [7, 11) is 3.23. The number of nitrogens with zero attached hydrogens (tertiary/aromatic N) is 1. The molecule has 0 radical (unpaired) electrons. The molecule has 6 heteroatoms. The van der Waals surface area contributed by atoms with Gasteiger partial charge in [0.15, 0.2) is 5.58 Å². The monoisotopic (exact) mass is 342 g/mol. The Morgan fingerprint density at radius 1 is 1.16 bits per heavy atom. The Labute approximate surface area is 146 Å². The van der Waals surface area contributed by atoms with E-state index >= 15 is 0 Å². The number of nitrogens with one attached hydrogen (secondary N) is 1. The maximum atomic E-state index is 12.5. The second kappa shape index (κ2) is 7.34. The van der Waals surface area contributed by atoms with Gasteiger partial charge in [-0.15, -0.1) is 0 Å². The average molecular weight is 342 g/mol. The Balaban J connectivity index is 2.00. The van der Waals surface area contributed by atoms with Gasteiger partial charge in [-0.1, -0.05) is 6.92 Å². The average Bonchev–Trinajstić information content (AvgIpc) is 3.22. The molecular weight excluding hydrogens is 320 g/mol. The minimum Gasteiger partial charge on any atom is -0.497 e. The second-order valence-electron chi connectivity index (χ2n) is 5.76. The zero-order valence-electron chi connectivity index (χ0n) is 14.7. The van der Waals surface area contributed by atoms with Crippen LogP contribution in [0, 0.1) is 0 Å². The number of hydrogen-bond donors (Lipinski definition) is 1. The van der Waals surface area contributed by atoms with Gasteiger partial charge in [-0.25, -0.2) is 0 Å². The Bertz CT molecular complexity index is 857. The molecule has 3 rings (SSSR count). The lowest BCUT2D eigenvalue weighted by molar-refractivity contribution is 0.0945. The summed E-state index contributed by atoms with van der Waals surface area (Å²) in [6.07, 6.45) is 2.51. The number of hydrogen-bond acceptors (Lipinski definition) is 4. The number of carbonyl (C=O) groups is 1. The summed E-state index contributed by atoms with van der Waals surface area (Å²) in [6, 6.07) is 9.33. The van der Waals surface area contributed by atoms with Crippen LogP contribution in [-0.2, 0) is 6.54 Å². The van der Waals surface area contributed by atoms with Crippen LogP contribution in [0.3, 0.4) is 0 Å². The van der Waals surface area contributed by atoms with Gasteiger partial charge >= 0.3 is 0 Å². The van der Waals surface area contributed by atoms with Crippen LogP contribution in [0.5, 0.6) is 11.5 Å². The molecule has 0 saturated heterocycles. The number of ether oxygens (including phenoxy) is 2. The maximum absolute atomic E-state index is 12.5. The first-order chi connectivity index (χ1) is 12.2. The quantitative estimate of drug-likeness (QED) is 0.714. The van der Waals surface area contributed by atoms with E-state index in [-0.39, 0.29) is 5.91 Å². The van der Waals surface area contributed by atoms with Crippen LogP contribution >= 0.6 is 0 Å². The standard InChI is InChI=1S/C19H22N2O4/c1-4-6-20-19(22)17-11-18-16(5-7-25-18)21(17)12-13-8-14(23-2)10-15(9-13)24-3/h5,7-11H,4,6,12H2,1-3H3,(H,20,22). The fourth-order valence-electron chi connectivity index (χ4n) is 2.80. The van der Waals surface area contributed by atoms with Gasteiger partial charge in [0.25, 0.3) is 5.91 Å². The van der Waals surface area contributed by atoms with Gasteiger partial charge in [-0.3, -0.25) is 4.79 Å². The van der Waals surface area contributed by atoms with E-state index in [9.17, 15) is 4.79 Å². The lowest BCUT2D eigenvalue weighted by atomic mass is 10.2. The van der Waals surface area contributed by atoms with Crippen molar-refractivity contribution in [3.8, 4) is 11.5 Å². The van der Waals surface area contributed by atoms with E-state index in [0.717, 1.165) is 17.5 Å². The van der Waals surface area contributed by atoms with Gasteiger partial charge in [0.2, 0.25) is 0 Å². The van der Waals surface area contributed by atoms with E-state index in [4.69, 9.17) is 13.9 Å². The smallest absolute Gasteiger partial charge is 0.268 e. The number of furan rings is 1. The molecule has 25 heavy (non-hydrogen) atoms. The summed E-state index contributed by atoms with van der Waals surface area (Å²) >= 11 is 0. The molecule has 0 aliphatic heterocycles. The minimum absolute atomic E-state index is 0.108. The molecule has 2 heterocycles. The molecule has 0 aliphatic rings. The van der Waals surface area contributed by atoms with Gasteiger partial charge < -0.3 is 23.8 Å². The molecular formula is C19H22N2O4. The van der Waals surface area contributed by atoms with Crippen LogP contribution < -0.4 is 14.8 Å². The first-order valence-corrected chi connectivity index (χ1v) is 8.23. The molecule has 2 aromatic heterocycles. The first kappa shape index (κ1) is 17.0. The molecule has 1 amide bonds. The number of methoxy groups -OCH3 is 2. The van der Waals surface area contributed by atoms with Crippen molar-refractivity contribution in [3.05, 3.63) is 47.9 Å². The molecule has 1 aromatic carbocycles. The maximum Gasteiger partial charge on any atom is 0.268 e. The predicted octanol–water partition coefficient (Wildman–Crippen LogP) is 3.44. The van der Waals surface area contributed by atoms with E-state index in [1.54, 1.807) is 26.5 Å². The Hall–Kier alpha value is -2.89. The van der Waals surface area contributed by atoms with E-state index in [2.05, 4.69) is 5.32 Å². The van der Waals surface area contributed by atoms with E-state index in [1.807, 2.05) is 35.8 Å². The highest BCUT2D eigenvalue weighted by molar-refractivity contribution is 5.97. The number of amides is 1. The van der Waals surface area contributed by atoms with E-state index in [1.165, 1.54) is 0 Å². The van der Waals surface area contributed by atoms with Crippen LogP contribution in [0.4, 0.5) is 0 Å².